The summed E-state index contributed by atoms with van der Waals surface area (Å²) < 4.78 is 0.863. The van der Waals surface area contributed by atoms with Crippen LogP contribution in [0.3, 0.4) is 0 Å². The van der Waals surface area contributed by atoms with Crippen LogP contribution in [0.1, 0.15) is 11.1 Å². The zero-order valence-corrected chi connectivity index (χ0v) is 11.7. The first kappa shape index (κ1) is 12.8. The zero-order valence-electron chi connectivity index (χ0n) is 10.1. The lowest BCUT2D eigenvalue weighted by Gasteiger charge is -2.10. The largest absolute Gasteiger partial charge is 0.270 e. The van der Waals surface area contributed by atoms with Gasteiger partial charge in [-0.15, -0.1) is 0 Å². The van der Waals surface area contributed by atoms with Gasteiger partial charge in [-0.05, 0) is 36.6 Å². The van der Waals surface area contributed by atoms with Crippen molar-refractivity contribution in [2.24, 2.45) is 0 Å². The molecule has 0 saturated heterocycles. The molecule has 2 rings (SSSR count). The highest BCUT2D eigenvalue weighted by Gasteiger charge is 2.13. The molecule has 0 unspecified atom stereocenters. The Bertz CT molecular complexity index is 623. The highest BCUT2D eigenvalue weighted by molar-refractivity contribution is 9.10. The van der Waals surface area contributed by atoms with Crippen LogP contribution in [0.15, 0.2) is 40.9 Å². The maximum Gasteiger partial charge on any atom is 0.270 e. The number of rotatable bonds is 2. The number of hydrogen-bond donors (Lipinski definition) is 0. The number of hydrogen-bond acceptors (Lipinski definition) is 2. The molecule has 0 bridgehead atoms. The van der Waals surface area contributed by atoms with E-state index in [-0.39, 0.29) is 10.6 Å². The van der Waals surface area contributed by atoms with Gasteiger partial charge in [0.25, 0.3) is 5.69 Å². The second-order valence-electron chi connectivity index (χ2n) is 4.17. The summed E-state index contributed by atoms with van der Waals surface area (Å²) in [5.74, 6) is 0. The van der Waals surface area contributed by atoms with E-state index in [1.54, 1.807) is 12.1 Å². The summed E-state index contributed by atoms with van der Waals surface area (Å²) in [6, 6.07) is 10.8. The fourth-order valence-corrected chi connectivity index (χ4v) is 2.34. The number of nitro groups is 1. The Hall–Kier alpha value is -1.68. The first-order valence-electron chi connectivity index (χ1n) is 5.51. The topological polar surface area (TPSA) is 43.1 Å². The monoisotopic (exact) mass is 305 g/mol. The number of non-ortho nitro benzene ring substituents is 1. The van der Waals surface area contributed by atoms with E-state index in [9.17, 15) is 10.1 Å². The molecule has 0 radical (unpaired) electrons. The molecule has 0 fully saturated rings. The minimum Gasteiger partial charge on any atom is -0.258 e. The number of benzene rings is 2. The lowest BCUT2D eigenvalue weighted by atomic mass is 9.97. The summed E-state index contributed by atoms with van der Waals surface area (Å²) in [7, 11) is 0. The van der Waals surface area contributed by atoms with Crippen molar-refractivity contribution in [2.45, 2.75) is 13.8 Å². The Morgan fingerprint density at radius 3 is 2.50 bits per heavy atom. The average Bonchev–Trinajstić information content (AvgIpc) is 2.33. The SMILES string of the molecule is Cc1cccc(-c2cc([N+](=O)[O-])ccc2Br)c1C. The average molecular weight is 306 g/mol. The van der Waals surface area contributed by atoms with Crippen LogP contribution in [0, 0.1) is 24.0 Å². The van der Waals surface area contributed by atoms with Crippen LogP contribution in [0.4, 0.5) is 5.69 Å². The van der Waals surface area contributed by atoms with Gasteiger partial charge in [0.2, 0.25) is 0 Å². The van der Waals surface area contributed by atoms with Crippen LogP contribution in [0.2, 0.25) is 0 Å². The lowest BCUT2D eigenvalue weighted by Crippen LogP contribution is -1.91. The predicted octanol–water partition coefficient (Wildman–Crippen LogP) is 4.64. The number of halogens is 1. The van der Waals surface area contributed by atoms with Crippen molar-refractivity contribution in [1.29, 1.82) is 0 Å². The molecule has 2 aromatic carbocycles. The molecular formula is C14H12BrNO2. The van der Waals surface area contributed by atoms with Gasteiger partial charge in [0.15, 0.2) is 0 Å². The first-order valence-corrected chi connectivity index (χ1v) is 6.30. The molecule has 2 aromatic rings. The van der Waals surface area contributed by atoms with Crippen molar-refractivity contribution in [2.75, 3.05) is 0 Å². The van der Waals surface area contributed by atoms with Gasteiger partial charge in [-0.2, -0.15) is 0 Å². The predicted molar refractivity (Wildman–Crippen MR) is 75.7 cm³/mol. The summed E-state index contributed by atoms with van der Waals surface area (Å²) in [6.45, 7) is 4.06. The highest BCUT2D eigenvalue weighted by Crippen LogP contribution is 2.34. The van der Waals surface area contributed by atoms with Crippen molar-refractivity contribution in [1.82, 2.24) is 0 Å². The molecule has 0 N–H and O–H groups in total. The van der Waals surface area contributed by atoms with Crippen LogP contribution in [0.5, 0.6) is 0 Å². The van der Waals surface area contributed by atoms with E-state index in [0.29, 0.717) is 0 Å². The molecule has 0 amide bonds. The third-order valence-electron chi connectivity index (χ3n) is 3.06. The molecule has 0 heterocycles. The van der Waals surface area contributed by atoms with E-state index < -0.39 is 0 Å². The van der Waals surface area contributed by atoms with Crippen LogP contribution < -0.4 is 0 Å². The molecule has 0 atom stereocenters. The van der Waals surface area contributed by atoms with Crippen LogP contribution in [-0.2, 0) is 0 Å². The fraction of sp³-hybridized carbons (Fsp3) is 0.143. The molecule has 0 saturated carbocycles. The molecule has 18 heavy (non-hydrogen) atoms. The molecule has 0 aliphatic heterocycles. The van der Waals surface area contributed by atoms with Crippen molar-refractivity contribution < 1.29 is 4.92 Å². The quantitative estimate of drug-likeness (QED) is 0.599. The van der Waals surface area contributed by atoms with Crippen molar-refractivity contribution in [3.8, 4) is 11.1 Å². The minimum atomic E-state index is -0.374. The zero-order chi connectivity index (χ0) is 13.3. The Kier molecular flexibility index (Phi) is 3.48. The minimum absolute atomic E-state index is 0.106. The van der Waals surface area contributed by atoms with Gasteiger partial charge >= 0.3 is 0 Å². The Balaban J connectivity index is 2.66. The summed E-state index contributed by atoms with van der Waals surface area (Å²) in [4.78, 5) is 10.5. The van der Waals surface area contributed by atoms with Gasteiger partial charge in [-0.25, -0.2) is 0 Å². The molecule has 0 aliphatic rings. The standard InChI is InChI=1S/C14H12BrNO2/c1-9-4-3-5-12(10(9)2)13-8-11(16(17)18)6-7-14(13)15/h3-8H,1-2H3. The van der Waals surface area contributed by atoms with Crippen LogP contribution >= 0.6 is 15.9 Å². The normalized spacial score (nSPS) is 10.4. The van der Waals surface area contributed by atoms with E-state index in [1.165, 1.54) is 11.6 Å². The smallest absolute Gasteiger partial charge is 0.258 e. The molecule has 0 spiro atoms. The summed E-state index contributed by atoms with van der Waals surface area (Å²) in [5, 5.41) is 10.8. The fourth-order valence-electron chi connectivity index (χ4n) is 1.88. The first-order chi connectivity index (χ1) is 8.50. The van der Waals surface area contributed by atoms with Crippen molar-refractivity contribution in [3.05, 3.63) is 62.1 Å². The summed E-state index contributed by atoms with van der Waals surface area (Å²) >= 11 is 3.45. The Morgan fingerprint density at radius 1 is 1.11 bits per heavy atom. The molecule has 0 aromatic heterocycles. The maximum absolute atomic E-state index is 10.8. The van der Waals surface area contributed by atoms with E-state index in [1.807, 2.05) is 32.0 Å². The molecule has 92 valence electrons. The van der Waals surface area contributed by atoms with Crippen molar-refractivity contribution in [3.63, 3.8) is 0 Å². The van der Waals surface area contributed by atoms with E-state index in [0.717, 1.165) is 21.2 Å². The Labute approximate surface area is 114 Å². The van der Waals surface area contributed by atoms with Gasteiger partial charge < -0.3 is 0 Å². The second-order valence-corrected chi connectivity index (χ2v) is 5.02. The maximum atomic E-state index is 10.8. The van der Waals surface area contributed by atoms with E-state index >= 15 is 0 Å². The van der Waals surface area contributed by atoms with E-state index in [2.05, 4.69) is 15.9 Å². The van der Waals surface area contributed by atoms with Gasteiger partial charge in [0.05, 0.1) is 4.92 Å². The number of nitro benzene ring substituents is 1. The van der Waals surface area contributed by atoms with Gasteiger partial charge in [-0.3, -0.25) is 10.1 Å². The summed E-state index contributed by atoms with van der Waals surface area (Å²) in [6.07, 6.45) is 0. The van der Waals surface area contributed by atoms with E-state index in [4.69, 9.17) is 0 Å². The third-order valence-corrected chi connectivity index (χ3v) is 3.75. The van der Waals surface area contributed by atoms with Gasteiger partial charge in [-0.1, -0.05) is 34.1 Å². The highest BCUT2D eigenvalue weighted by atomic mass is 79.9. The lowest BCUT2D eigenvalue weighted by molar-refractivity contribution is -0.384. The number of aryl methyl sites for hydroxylation is 1. The molecule has 4 heteroatoms. The molecular weight excluding hydrogens is 294 g/mol. The molecule has 3 nitrogen and oxygen atoms in total. The van der Waals surface area contributed by atoms with Crippen LogP contribution in [0.25, 0.3) is 11.1 Å². The molecule has 0 aliphatic carbocycles. The summed E-state index contributed by atoms with van der Waals surface area (Å²) in [5.41, 5.74) is 4.29. The van der Waals surface area contributed by atoms with Crippen LogP contribution in [-0.4, -0.2) is 4.92 Å². The third kappa shape index (κ3) is 2.29. The Morgan fingerprint density at radius 2 is 1.83 bits per heavy atom. The number of nitrogens with zero attached hydrogens (tertiary/aromatic N) is 1. The van der Waals surface area contributed by atoms with Gasteiger partial charge in [0, 0.05) is 22.2 Å². The second kappa shape index (κ2) is 4.90. The van der Waals surface area contributed by atoms with Crippen molar-refractivity contribution >= 4 is 21.6 Å². The van der Waals surface area contributed by atoms with Gasteiger partial charge in [0.1, 0.15) is 0 Å².